The predicted molar refractivity (Wildman–Crippen MR) is 65.3 cm³/mol. The molecule has 2 aromatic rings. The highest BCUT2D eigenvalue weighted by atomic mass is 19.4. The first-order chi connectivity index (χ1) is 9.48. The Morgan fingerprint density at radius 2 is 1.95 bits per heavy atom. The van der Waals surface area contributed by atoms with E-state index in [1.54, 1.807) is 0 Å². The smallest absolute Gasteiger partial charge is 0.312 e. The second kappa shape index (κ2) is 4.60. The third kappa shape index (κ3) is 2.08. The molecular weight excluding hydrogens is 273 g/mol. The Balaban J connectivity index is 2.23. The number of hydrogen-bond donors (Lipinski definition) is 1. The maximum Gasteiger partial charge on any atom is 0.436 e. The van der Waals surface area contributed by atoms with Crippen LogP contribution in [0.5, 0.6) is 0 Å². The molecular formula is C12H13F3N4O. The summed E-state index contributed by atoms with van der Waals surface area (Å²) in [4.78, 5) is 17.8. The molecule has 1 saturated carbocycles. The molecule has 0 amide bonds. The highest BCUT2D eigenvalue weighted by Gasteiger charge is 2.39. The van der Waals surface area contributed by atoms with E-state index in [4.69, 9.17) is 0 Å². The van der Waals surface area contributed by atoms with Crippen LogP contribution in [0.15, 0.2) is 11.1 Å². The average molecular weight is 286 g/mol. The van der Waals surface area contributed by atoms with Crippen molar-refractivity contribution in [2.24, 2.45) is 0 Å². The van der Waals surface area contributed by atoms with Crippen LogP contribution in [0.25, 0.3) is 11.0 Å². The van der Waals surface area contributed by atoms with Gasteiger partial charge in [-0.1, -0.05) is 19.3 Å². The number of fused-ring (bicyclic) bond motifs is 1. The summed E-state index contributed by atoms with van der Waals surface area (Å²) in [5.74, 6) is 0. The van der Waals surface area contributed by atoms with Gasteiger partial charge < -0.3 is 4.98 Å². The maximum atomic E-state index is 13.0. The molecule has 0 aliphatic heterocycles. The van der Waals surface area contributed by atoms with Crippen molar-refractivity contribution in [3.63, 3.8) is 0 Å². The van der Waals surface area contributed by atoms with E-state index in [0.717, 1.165) is 38.4 Å². The molecule has 1 aliphatic carbocycles. The average Bonchev–Trinajstić information content (AvgIpc) is 2.81. The number of aromatic amines is 1. The molecule has 8 heteroatoms. The highest BCUT2D eigenvalue weighted by molar-refractivity contribution is 5.77. The minimum atomic E-state index is -4.66. The normalized spacial score (nSPS) is 17.8. The molecule has 0 radical (unpaired) electrons. The van der Waals surface area contributed by atoms with Crippen molar-refractivity contribution in [3.8, 4) is 0 Å². The third-order valence-corrected chi connectivity index (χ3v) is 3.68. The second-order valence-electron chi connectivity index (χ2n) is 5.01. The lowest BCUT2D eigenvalue weighted by molar-refractivity contribution is -0.140. The van der Waals surface area contributed by atoms with Crippen molar-refractivity contribution in [2.45, 2.75) is 44.3 Å². The first-order valence-electron chi connectivity index (χ1n) is 6.51. The number of alkyl halides is 3. The molecule has 0 saturated heterocycles. The lowest BCUT2D eigenvalue weighted by Crippen LogP contribution is -2.16. The van der Waals surface area contributed by atoms with Crippen LogP contribution in [-0.4, -0.2) is 19.7 Å². The van der Waals surface area contributed by atoms with Gasteiger partial charge in [-0.15, -0.1) is 0 Å². The van der Waals surface area contributed by atoms with Gasteiger partial charge >= 0.3 is 6.18 Å². The molecule has 0 bridgehead atoms. The zero-order valence-electron chi connectivity index (χ0n) is 10.6. The Hall–Kier alpha value is -1.86. The summed E-state index contributed by atoms with van der Waals surface area (Å²) in [6.45, 7) is 0. The van der Waals surface area contributed by atoms with Crippen LogP contribution in [0.3, 0.4) is 0 Å². The highest BCUT2D eigenvalue weighted by Crippen LogP contribution is 2.35. The SMILES string of the molecule is O=c1[nH]cnc2c1c(C(F)(F)F)nn2C1CCCCC1. The van der Waals surface area contributed by atoms with Crippen LogP contribution in [0.4, 0.5) is 13.2 Å². The van der Waals surface area contributed by atoms with Gasteiger partial charge in [-0.05, 0) is 12.8 Å². The first kappa shape index (κ1) is 13.1. The van der Waals surface area contributed by atoms with Gasteiger partial charge in [0.15, 0.2) is 11.3 Å². The predicted octanol–water partition coefficient (Wildman–Crippen LogP) is 2.64. The molecule has 0 spiro atoms. The monoisotopic (exact) mass is 286 g/mol. The summed E-state index contributed by atoms with van der Waals surface area (Å²) in [7, 11) is 0. The largest absolute Gasteiger partial charge is 0.436 e. The molecule has 1 N–H and O–H groups in total. The van der Waals surface area contributed by atoms with Crippen LogP contribution in [0.1, 0.15) is 43.8 Å². The number of nitrogens with one attached hydrogen (secondary N) is 1. The van der Waals surface area contributed by atoms with Gasteiger partial charge in [-0.25, -0.2) is 9.67 Å². The lowest BCUT2D eigenvalue weighted by Gasteiger charge is -2.22. The van der Waals surface area contributed by atoms with Crippen molar-refractivity contribution < 1.29 is 13.2 Å². The van der Waals surface area contributed by atoms with E-state index in [1.807, 2.05) is 0 Å². The molecule has 2 aromatic heterocycles. The van der Waals surface area contributed by atoms with Crippen LogP contribution < -0.4 is 5.56 Å². The van der Waals surface area contributed by atoms with Crippen LogP contribution in [0.2, 0.25) is 0 Å². The molecule has 108 valence electrons. The number of hydrogen-bond acceptors (Lipinski definition) is 3. The Labute approximate surface area is 111 Å². The summed E-state index contributed by atoms with van der Waals surface area (Å²) >= 11 is 0. The van der Waals surface area contributed by atoms with Gasteiger partial charge in [0.1, 0.15) is 5.39 Å². The van der Waals surface area contributed by atoms with E-state index < -0.39 is 22.8 Å². The Morgan fingerprint density at radius 1 is 1.25 bits per heavy atom. The number of rotatable bonds is 1. The summed E-state index contributed by atoms with van der Waals surface area (Å²) in [5.41, 5.74) is -1.93. The van der Waals surface area contributed by atoms with Gasteiger partial charge in [0.25, 0.3) is 5.56 Å². The minimum Gasteiger partial charge on any atom is -0.312 e. The van der Waals surface area contributed by atoms with E-state index in [-0.39, 0.29) is 11.7 Å². The quantitative estimate of drug-likeness (QED) is 0.876. The maximum absolute atomic E-state index is 13.0. The molecule has 1 fully saturated rings. The molecule has 2 heterocycles. The number of nitrogens with zero attached hydrogens (tertiary/aromatic N) is 3. The summed E-state index contributed by atoms with van der Waals surface area (Å²) < 4.78 is 40.4. The van der Waals surface area contributed by atoms with E-state index in [1.165, 1.54) is 4.68 Å². The van der Waals surface area contributed by atoms with Crippen molar-refractivity contribution in [2.75, 3.05) is 0 Å². The molecule has 0 aromatic carbocycles. The van der Waals surface area contributed by atoms with Crippen LogP contribution >= 0.6 is 0 Å². The van der Waals surface area contributed by atoms with Crippen molar-refractivity contribution in [3.05, 3.63) is 22.4 Å². The van der Waals surface area contributed by atoms with Gasteiger partial charge in [-0.2, -0.15) is 18.3 Å². The number of aromatic nitrogens is 4. The summed E-state index contributed by atoms with van der Waals surface area (Å²) in [6, 6.07) is -0.114. The summed E-state index contributed by atoms with van der Waals surface area (Å²) in [6.07, 6.45) is 0.980. The Bertz CT molecular complexity index is 682. The topological polar surface area (TPSA) is 63.6 Å². The molecule has 5 nitrogen and oxygen atoms in total. The fourth-order valence-electron chi connectivity index (χ4n) is 2.76. The molecule has 0 atom stereocenters. The Morgan fingerprint density at radius 3 is 2.60 bits per heavy atom. The number of H-pyrrole nitrogens is 1. The fraction of sp³-hybridized carbons (Fsp3) is 0.583. The summed E-state index contributed by atoms with van der Waals surface area (Å²) in [5, 5.41) is 3.19. The first-order valence-corrected chi connectivity index (χ1v) is 6.51. The van der Waals surface area contributed by atoms with Gasteiger partial charge in [0.2, 0.25) is 0 Å². The minimum absolute atomic E-state index is 0.0213. The van der Waals surface area contributed by atoms with E-state index in [0.29, 0.717) is 0 Å². The van der Waals surface area contributed by atoms with E-state index in [2.05, 4.69) is 15.1 Å². The third-order valence-electron chi connectivity index (χ3n) is 3.68. The molecule has 3 rings (SSSR count). The van der Waals surface area contributed by atoms with Crippen LogP contribution in [-0.2, 0) is 6.18 Å². The zero-order chi connectivity index (χ0) is 14.3. The standard InChI is InChI=1S/C12H13F3N4O/c13-12(14,15)9-8-10(16-6-17-11(8)20)19(18-9)7-4-2-1-3-5-7/h6-7H,1-5H2,(H,16,17,20). The second-order valence-corrected chi connectivity index (χ2v) is 5.01. The number of halogens is 3. The molecule has 20 heavy (non-hydrogen) atoms. The molecule has 1 aliphatic rings. The van der Waals surface area contributed by atoms with Crippen molar-refractivity contribution in [1.82, 2.24) is 19.7 Å². The fourth-order valence-corrected chi connectivity index (χ4v) is 2.76. The van der Waals surface area contributed by atoms with Crippen LogP contribution in [0, 0.1) is 0 Å². The van der Waals surface area contributed by atoms with Gasteiger partial charge in [0, 0.05) is 0 Å². The van der Waals surface area contributed by atoms with Crippen molar-refractivity contribution >= 4 is 11.0 Å². The van der Waals surface area contributed by atoms with E-state index in [9.17, 15) is 18.0 Å². The lowest BCUT2D eigenvalue weighted by atomic mass is 9.96. The Kier molecular flexibility index (Phi) is 3.02. The van der Waals surface area contributed by atoms with Gasteiger partial charge in [-0.3, -0.25) is 4.79 Å². The van der Waals surface area contributed by atoms with E-state index >= 15 is 0 Å². The van der Waals surface area contributed by atoms with Crippen molar-refractivity contribution in [1.29, 1.82) is 0 Å². The van der Waals surface area contributed by atoms with Gasteiger partial charge in [0.05, 0.1) is 12.4 Å². The zero-order valence-corrected chi connectivity index (χ0v) is 10.6. The molecule has 0 unspecified atom stereocenters.